The number of carbonyl (C=O) groups is 2. The van der Waals surface area contributed by atoms with Crippen LogP contribution in [-0.2, 0) is 11.4 Å². The quantitative estimate of drug-likeness (QED) is 0.351. The van der Waals surface area contributed by atoms with Crippen LogP contribution in [0.4, 0.5) is 4.79 Å². The van der Waals surface area contributed by atoms with Crippen molar-refractivity contribution in [2.75, 3.05) is 7.11 Å². The molecule has 134 valence electrons. The van der Waals surface area contributed by atoms with Gasteiger partial charge in [-0.15, -0.1) is 0 Å². The Morgan fingerprint density at radius 1 is 1.15 bits per heavy atom. The maximum atomic E-state index is 11.6. The van der Waals surface area contributed by atoms with E-state index in [1.807, 2.05) is 24.3 Å². The lowest BCUT2D eigenvalue weighted by atomic mass is 10.1. The van der Waals surface area contributed by atoms with Crippen LogP contribution < -0.4 is 20.1 Å². The molecule has 0 spiro atoms. The van der Waals surface area contributed by atoms with Crippen LogP contribution >= 0.6 is 38.5 Å². The lowest BCUT2D eigenvalue weighted by Crippen LogP contribution is -2.22. The second kappa shape index (κ2) is 8.09. The SMILES string of the molecule is COc1cc(/C=C2/NC(=O)NC2=O)cc(Br)c1OCc1ccc(I)cc1. The topological polar surface area (TPSA) is 76.7 Å². The summed E-state index contributed by atoms with van der Waals surface area (Å²) in [6.07, 6.45) is 1.57. The normalized spacial score (nSPS) is 15.0. The summed E-state index contributed by atoms with van der Waals surface area (Å²) in [6.45, 7) is 0.394. The number of ether oxygens (including phenoxy) is 2. The Morgan fingerprint density at radius 2 is 1.88 bits per heavy atom. The van der Waals surface area contributed by atoms with E-state index in [0.717, 1.165) is 9.13 Å². The van der Waals surface area contributed by atoms with Crippen molar-refractivity contribution < 1.29 is 19.1 Å². The third-order valence-electron chi connectivity index (χ3n) is 3.58. The number of hydrogen-bond donors (Lipinski definition) is 2. The monoisotopic (exact) mass is 528 g/mol. The number of carbonyl (C=O) groups excluding carboxylic acids is 2. The first-order chi connectivity index (χ1) is 12.5. The Kier molecular flexibility index (Phi) is 5.82. The zero-order chi connectivity index (χ0) is 18.7. The Bertz CT molecular complexity index is 897. The zero-order valence-corrected chi connectivity index (χ0v) is 17.4. The van der Waals surface area contributed by atoms with Gasteiger partial charge in [-0.05, 0) is 80.0 Å². The molecule has 3 amide bonds. The van der Waals surface area contributed by atoms with Crippen molar-refractivity contribution in [3.05, 3.63) is 61.3 Å². The number of hydrogen-bond acceptors (Lipinski definition) is 4. The predicted molar refractivity (Wildman–Crippen MR) is 109 cm³/mol. The van der Waals surface area contributed by atoms with Crippen LogP contribution in [0.3, 0.4) is 0 Å². The van der Waals surface area contributed by atoms with E-state index >= 15 is 0 Å². The van der Waals surface area contributed by atoms with Gasteiger partial charge in [-0.1, -0.05) is 12.1 Å². The fourth-order valence-electron chi connectivity index (χ4n) is 2.35. The molecule has 2 aromatic carbocycles. The van der Waals surface area contributed by atoms with E-state index in [1.54, 1.807) is 25.3 Å². The fraction of sp³-hybridized carbons (Fsp3) is 0.111. The van der Waals surface area contributed by atoms with Gasteiger partial charge in [-0.25, -0.2) is 4.79 Å². The molecule has 3 rings (SSSR count). The first-order valence-corrected chi connectivity index (χ1v) is 9.42. The first kappa shape index (κ1) is 18.7. The highest BCUT2D eigenvalue weighted by atomic mass is 127. The van der Waals surface area contributed by atoms with Gasteiger partial charge in [0.05, 0.1) is 11.6 Å². The van der Waals surface area contributed by atoms with Gasteiger partial charge in [-0.2, -0.15) is 0 Å². The highest BCUT2D eigenvalue weighted by Gasteiger charge is 2.23. The predicted octanol–water partition coefficient (Wildman–Crippen LogP) is 3.82. The third-order valence-corrected chi connectivity index (χ3v) is 4.89. The summed E-state index contributed by atoms with van der Waals surface area (Å²) in [7, 11) is 1.54. The molecule has 1 heterocycles. The minimum atomic E-state index is -0.537. The van der Waals surface area contributed by atoms with E-state index in [2.05, 4.69) is 49.2 Å². The van der Waals surface area contributed by atoms with E-state index in [-0.39, 0.29) is 5.70 Å². The summed E-state index contributed by atoms with van der Waals surface area (Å²) in [5.74, 6) is 0.610. The zero-order valence-electron chi connectivity index (χ0n) is 13.6. The Hall–Kier alpha value is -2.07. The van der Waals surface area contributed by atoms with Crippen LogP contribution in [0.15, 0.2) is 46.6 Å². The Morgan fingerprint density at radius 3 is 2.50 bits per heavy atom. The van der Waals surface area contributed by atoms with Gasteiger partial charge in [-0.3, -0.25) is 10.1 Å². The van der Waals surface area contributed by atoms with Gasteiger partial charge >= 0.3 is 6.03 Å². The summed E-state index contributed by atoms with van der Waals surface area (Å²) < 4.78 is 13.2. The molecule has 0 aromatic heterocycles. The largest absolute Gasteiger partial charge is 0.493 e. The van der Waals surface area contributed by atoms with Crippen molar-refractivity contribution in [3.63, 3.8) is 0 Å². The summed E-state index contributed by atoms with van der Waals surface area (Å²) in [5, 5.41) is 4.61. The molecule has 0 unspecified atom stereocenters. The molecule has 1 aliphatic rings. The van der Waals surface area contributed by atoms with Crippen molar-refractivity contribution in [3.8, 4) is 11.5 Å². The lowest BCUT2D eigenvalue weighted by molar-refractivity contribution is -0.115. The number of halogens is 2. The van der Waals surface area contributed by atoms with Gasteiger partial charge in [0, 0.05) is 3.57 Å². The second-order valence-electron chi connectivity index (χ2n) is 5.42. The molecular formula is C18H14BrIN2O4. The number of benzene rings is 2. The standard InChI is InChI=1S/C18H14BrIN2O4/c1-25-15-8-11(7-14-17(23)22-18(24)21-14)6-13(19)16(15)26-9-10-2-4-12(20)5-3-10/h2-8H,9H2,1H3,(H2,21,22,23,24)/b14-7+. The highest BCUT2D eigenvalue weighted by Crippen LogP contribution is 2.37. The molecule has 2 N–H and O–H groups in total. The average molecular weight is 529 g/mol. The molecule has 0 saturated carbocycles. The van der Waals surface area contributed by atoms with Crippen LogP contribution in [0.25, 0.3) is 6.08 Å². The number of imide groups is 1. The number of urea groups is 1. The van der Waals surface area contributed by atoms with Gasteiger partial charge in [0.15, 0.2) is 11.5 Å². The van der Waals surface area contributed by atoms with E-state index in [1.165, 1.54) is 0 Å². The number of nitrogens with one attached hydrogen (secondary N) is 2. The van der Waals surface area contributed by atoms with Crippen LogP contribution in [0.2, 0.25) is 0 Å². The average Bonchev–Trinajstić information content (AvgIpc) is 2.92. The highest BCUT2D eigenvalue weighted by molar-refractivity contribution is 14.1. The Balaban J connectivity index is 1.83. The van der Waals surface area contributed by atoms with E-state index in [4.69, 9.17) is 9.47 Å². The summed E-state index contributed by atoms with van der Waals surface area (Å²) in [6, 6.07) is 11.0. The van der Waals surface area contributed by atoms with E-state index < -0.39 is 11.9 Å². The maximum absolute atomic E-state index is 11.6. The summed E-state index contributed by atoms with van der Waals surface area (Å²) in [4.78, 5) is 22.8. The molecule has 1 saturated heterocycles. The number of methoxy groups -OCH3 is 1. The molecule has 8 heteroatoms. The van der Waals surface area contributed by atoms with Gasteiger partial charge in [0.2, 0.25) is 0 Å². The third kappa shape index (κ3) is 4.36. The fourth-order valence-corrected chi connectivity index (χ4v) is 3.28. The number of amides is 3. The second-order valence-corrected chi connectivity index (χ2v) is 7.52. The first-order valence-electron chi connectivity index (χ1n) is 7.55. The van der Waals surface area contributed by atoms with E-state index in [0.29, 0.717) is 28.1 Å². The van der Waals surface area contributed by atoms with Crippen molar-refractivity contribution in [1.82, 2.24) is 10.6 Å². The van der Waals surface area contributed by atoms with E-state index in [9.17, 15) is 9.59 Å². The van der Waals surface area contributed by atoms with Crippen LogP contribution in [0, 0.1) is 3.57 Å². The minimum absolute atomic E-state index is 0.177. The van der Waals surface area contributed by atoms with Gasteiger partial charge in [0.1, 0.15) is 12.3 Å². The van der Waals surface area contributed by atoms with Crippen LogP contribution in [0.5, 0.6) is 11.5 Å². The Labute approximate surface area is 172 Å². The maximum Gasteiger partial charge on any atom is 0.326 e. The van der Waals surface area contributed by atoms with Crippen molar-refractivity contribution in [2.45, 2.75) is 6.61 Å². The number of rotatable bonds is 5. The molecule has 0 atom stereocenters. The summed E-state index contributed by atoms with van der Waals surface area (Å²) >= 11 is 5.73. The van der Waals surface area contributed by atoms with Crippen LogP contribution in [0.1, 0.15) is 11.1 Å². The lowest BCUT2D eigenvalue weighted by Gasteiger charge is -2.14. The molecule has 1 aliphatic heterocycles. The molecular weight excluding hydrogens is 515 g/mol. The van der Waals surface area contributed by atoms with Gasteiger partial charge in [0.25, 0.3) is 5.91 Å². The molecule has 0 radical (unpaired) electrons. The minimum Gasteiger partial charge on any atom is -0.493 e. The molecule has 0 aliphatic carbocycles. The van der Waals surface area contributed by atoms with Gasteiger partial charge < -0.3 is 14.8 Å². The van der Waals surface area contributed by atoms with Crippen LogP contribution in [-0.4, -0.2) is 19.0 Å². The van der Waals surface area contributed by atoms with Crippen molar-refractivity contribution in [1.29, 1.82) is 0 Å². The van der Waals surface area contributed by atoms with Crippen molar-refractivity contribution >= 4 is 56.5 Å². The smallest absolute Gasteiger partial charge is 0.326 e. The molecule has 2 aromatic rings. The molecule has 1 fully saturated rings. The molecule has 0 bridgehead atoms. The summed E-state index contributed by atoms with van der Waals surface area (Å²) in [5.41, 5.74) is 1.90. The van der Waals surface area contributed by atoms with Crippen molar-refractivity contribution in [2.24, 2.45) is 0 Å². The molecule has 26 heavy (non-hydrogen) atoms. The molecule has 6 nitrogen and oxygen atoms in total.